The number of hydrogen-bond acceptors (Lipinski definition) is 6. The molecule has 8 nitrogen and oxygen atoms in total. The predicted octanol–water partition coefficient (Wildman–Crippen LogP) is 5.32. The fraction of sp³-hybridized carbons (Fsp3) is 0.286. The average molecular weight is 487 g/mol. The maximum atomic E-state index is 12.9. The number of fused-ring (bicyclic) bond motifs is 1. The second kappa shape index (κ2) is 11.0. The smallest absolute Gasteiger partial charge is 0.343 e. The van der Waals surface area contributed by atoms with E-state index >= 15 is 0 Å². The van der Waals surface area contributed by atoms with Crippen molar-refractivity contribution >= 4 is 28.6 Å². The molecule has 4 aromatic rings. The van der Waals surface area contributed by atoms with Crippen LogP contribution in [0.25, 0.3) is 16.7 Å². The zero-order chi connectivity index (χ0) is 25.7. The van der Waals surface area contributed by atoms with E-state index in [0.29, 0.717) is 18.8 Å². The van der Waals surface area contributed by atoms with Crippen LogP contribution in [-0.4, -0.2) is 39.9 Å². The molecule has 0 bridgehead atoms. The van der Waals surface area contributed by atoms with Crippen LogP contribution in [0.5, 0.6) is 5.75 Å². The van der Waals surface area contributed by atoms with Crippen LogP contribution in [0.3, 0.4) is 0 Å². The molecule has 8 heteroatoms. The predicted molar refractivity (Wildman–Crippen MR) is 139 cm³/mol. The highest BCUT2D eigenvalue weighted by Gasteiger charge is 2.22. The van der Waals surface area contributed by atoms with E-state index in [9.17, 15) is 9.59 Å². The van der Waals surface area contributed by atoms with E-state index in [1.165, 1.54) is 10.9 Å². The molecule has 1 amide bonds. The molecule has 2 heterocycles. The number of anilines is 1. The number of aromatic nitrogens is 3. The molecule has 0 atom stereocenters. The van der Waals surface area contributed by atoms with Gasteiger partial charge in [-0.1, -0.05) is 36.4 Å². The molecule has 0 unspecified atom stereocenters. The van der Waals surface area contributed by atoms with Crippen LogP contribution in [0, 0.1) is 20.8 Å². The van der Waals surface area contributed by atoms with Gasteiger partial charge in [-0.3, -0.25) is 4.79 Å². The topological polar surface area (TPSA) is 95.3 Å². The summed E-state index contributed by atoms with van der Waals surface area (Å²) in [5, 5.41) is 8.27. The zero-order valence-electron chi connectivity index (χ0n) is 21.0. The van der Waals surface area contributed by atoms with Crippen molar-refractivity contribution in [1.29, 1.82) is 0 Å². The Morgan fingerprint density at radius 1 is 1.00 bits per heavy atom. The minimum atomic E-state index is -0.560. The molecule has 0 fully saturated rings. The van der Waals surface area contributed by atoms with Crippen molar-refractivity contribution in [2.75, 3.05) is 18.5 Å². The molecule has 0 aliphatic carbocycles. The number of carbonyl (C=O) groups is 2. The highest BCUT2D eigenvalue weighted by Crippen LogP contribution is 2.26. The number of ether oxygens (including phenoxy) is 2. The maximum Gasteiger partial charge on any atom is 0.343 e. The van der Waals surface area contributed by atoms with E-state index in [-0.39, 0.29) is 30.3 Å². The second-order valence-corrected chi connectivity index (χ2v) is 8.57. The fourth-order valence-corrected chi connectivity index (χ4v) is 3.98. The number of para-hydroxylation sites is 2. The summed E-state index contributed by atoms with van der Waals surface area (Å²) in [5.74, 6) is 0.717. The van der Waals surface area contributed by atoms with Gasteiger partial charge >= 0.3 is 5.97 Å². The normalized spacial score (nSPS) is 10.9. The Morgan fingerprint density at radius 3 is 2.56 bits per heavy atom. The van der Waals surface area contributed by atoms with Gasteiger partial charge in [-0.05, 0) is 62.9 Å². The molecule has 1 N–H and O–H groups in total. The first-order chi connectivity index (χ1) is 17.4. The molecule has 0 spiro atoms. The Balaban J connectivity index is 1.56. The molecule has 36 heavy (non-hydrogen) atoms. The third kappa shape index (κ3) is 5.38. The summed E-state index contributed by atoms with van der Waals surface area (Å²) in [6.07, 6.45) is 2.12. The van der Waals surface area contributed by atoms with Crippen molar-refractivity contribution in [1.82, 2.24) is 14.8 Å². The Hall–Kier alpha value is -4.20. The first-order valence-electron chi connectivity index (χ1n) is 12.0. The second-order valence-electron chi connectivity index (χ2n) is 8.57. The highest BCUT2D eigenvalue weighted by atomic mass is 16.5. The van der Waals surface area contributed by atoms with E-state index in [1.54, 1.807) is 6.92 Å². The average Bonchev–Trinajstić information content (AvgIpc) is 3.27. The minimum Gasteiger partial charge on any atom is -0.493 e. The Morgan fingerprint density at radius 2 is 1.78 bits per heavy atom. The summed E-state index contributed by atoms with van der Waals surface area (Å²) in [6.45, 7) is 8.30. The van der Waals surface area contributed by atoms with E-state index in [2.05, 4.69) is 10.4 Å². The van der Waals surface area contributed by atoms with Gasteiger partial charge in [-0.15, -0.1) is 0 Å². The summed E-state index contributed by atoms with van der Waals surface area (Å²) < 4.78 is 12.5. The van der Waals surface area contributed by atoms with E-state index in [1.807, 2.05) is 69.3 Å². The molecule has 2 aromatic carbocycles. The van der Waals surface area contributed by atoms with Crippen LogP contribution >= 0.6 is 0 Å². The van der Waals surface area contributed by atoms with Crippen molar-refractivity contribution in [3.05, 3.63) is 77.0 Å². The van der Waals surface area contributed by atoms with Gasteiger partial charge in [0.1, 0.15) is 11.3 Å². The number of carbonyl (C=O) groups excluding carboxylic acids is 2. The summed E-state index contributed by atoms with van der Waals surface area (Å²) in [5.41, 5.74) is 4.09. The van der Waals surface area contributed by atoms with Crippen LogP contribution in [0.2, 0.25) is 0 Å². The fourth-order valence-electron chi connectivity index (χ4n) is 3.98. The van der Waals surface area contributed by atoms with Gasteiger partial charge < -0.3 is 14.8 Å². The summed E-state index contributed by atoms with van der Waals surface area (Å²) in [6, 6.07) is 15.6. The van der Waals surface area contributed by atoms with Crippen LogP contribution < -0.4 is 10.1 Å². The third-order valence-electron chi connectivity index (χ3n) is 5.87. The van der Waals surface area contributed by atoms with Gasteiger partial charge in [-0.25, -0.2) is 9.78 Å². The monoisotopic (exact) mass is 486 g/mol. The number of benzene rings is 2. The zero-order valence-corrected chi connectivity index (χ0v) is 21.0. The van der Waals surface area contributed by atoms with E-state index in [0.717, 1.165) is 33.3 Å². The molecule has 4 rings (SSSR count). The highest BCUT2D eigenvalue weighted by molar-refractivity contribution is 6.00. The van der Waals surface area contributed by atoms with Crippen molar-refractivity contribution in [2.24, 2.45) is 0 Å². The lowest BCUT2D eigenvalue weighted by atomic mass is 10.1. The Bertz CT molecular complexity index is 1410. The number of nitrogens with zero attached hydrogens (tertiary/aromatic N) is 3. The lowest BCUT2D eigenvalue weighted by Crippen LogP contribution is -2.19. The van der Waals surface area contributed by atoms with E-state index < -0.39 is 5.97 Å². The van der Waals surface area contributed by atoms with Crippen molar-refractivity contribution in [3.63, 3.8) is 0 Å². The lowest BCUT2D eigenvalue weighted by molar-refractivity contribution is -0.116. The van der Waals surface area contributed by atoms with Crippen molar-refractivity contribution in [2.45, 2.75) is 40.5 Å². The lowest BCUT2D eigenvalue weighted by Gasteiger charge is -2.13. The number of nitrogens with one attached hydrogen (secondary N) is 1. The first-order valence-corrected chi connectivity index (χ1v) is 12.0. The molecule has 0 saturated heterocycles. The number of pyridine rings is 1. The summed E-state index contributed by atoms with van der Waals surface area (Å²) in [7, 11) is 0. The molecule has 0 aliphatic heterocycles. The maximum absolute atomic E-state index is 12.9. The van der Waals surface area contributed by atoms with Gasteiger partial charge in [0.25, 0.3) is 0 Å². The number of esters is 1. The number of amides is 1. The number of aryl methyl sites for hydroxylation is 3. The van der Waals surface area contributed by atoms with Gasteiger partial charge in [0, 0.05) is 11.8 Å². The Labute approximate surface area is 210 Å². The van der Waals surface area contributed by atoms with Crippen molar-refractivity contribution < 1.29 is 19.1 Å². The van der Waals surface area contributed by atoms with Gasteiger partial charge in [0.15, 0.2) is 11.6 Å². The molecule has 0 radical (unpaired) electrons. The molecule has 2 aromatic heterocycles. The van der Waals surface area contributed by atoms with Gasteiger partial charge in [0.2, 0.25) is 5.91 Å². The molecular weight excluding hydrogens is 456 g/mol. The molecular formula is C28H30N4O4. The van der Waals surface area contributed by atoms with Crippen LogP contribution in [-0.2, 0) is 9.53 Å². The first kappa shape index (κ1) is 24.9. The van der Waals surface area contributed by atoms with Gasteiger partial charge in [-0.2, -0.15) is 9.78 Å². The molecule has 0 aliphatic rings. The van der Waals surface area contributed by atoms with Crippen molar-refractivity contribution in [3.8, 4) is 11.6 Å². The van der Waals surface area contributed by atoms with Crippen LogP contribution in [0.15, 0.2) is 54.7 Å². The van der Waals surface area contributed by atoms with Crippen LogP contribution in [0.4, 0.5) is 5.82 Å². The number of hydrogen-bond donors (Lipinski definition) is 1. The summed E-state index contributed by atoms with van der Waals surface area (Å²) >= 11 is 0. The minimum absolute atomic E-state index is 0.172. The van der Waals surface area contributed by atoms with Gasteiger partial charge in [0.05, 0.1) is 24.9 Å². The largest absolute Gasteiger partial charge is 0.493 e. The summed E-state index contributed by atoms with van der Waals surface area (Å²) in [4.78, 5) is 30.3. The number of rotatable bonds is 9. The SMILES string of the molecule is CCOC(=O)c1cnn(-c2cc(C)c3cccc(C)c3n2)c1NC(=O)CCCOc1ccccc1C. The Kier molecular flexibility index (Phi) is 7.63. The molecule has 186 valence electrons. The van der Waals surface area contributed by atoms with E-state index in [4.69, 9.17) is 14.5 Å². The standard InChI is InChI=1S/C28H30N4O4/c1-5-35-28(34)22-17-29-32(24-16-20(4)21-12-8-11-19(3)26(21)30-24)27(22)31-25(33)14-9-15-36-23-13-7-6-10-18(23)2/h6-8,10-13,16-17H,5,9,14-15H2,1-4H3,(H,31,33). The quantitative estimate of drug-likeness (QED) is 0.254. The third-order valence-corrected chi connectivity index (χ3v) is 5.87. The molecule has 0 saturated carbocycles. The van der Waals surface area contributed by atoms with Crippen LogP contribution in [0.1, 0.15) is 46.8 Å².